The number of rotatable bonds is 5. The van der Waals surface area contributed by atoms with E-state index in [0.29, 0.717) is 24.7 Å². The van der Waals surface area contributed by atoms with Crippen LogP contribution in [0.15, 0.2) is 41.0 Å². The number of carbonyl (C=O) groups excluding carboxylic acids is 3. The van der Waals surface area contributed by atoms with Crippen molar-refractivity contribution in [2.75, 3.05) is 25.0 Å². The van der Waals surface area contributed by atoms with Crippen LogP contribution in [0.2, 0.25) is 0 Å². The summed E-state index contributed by atoms with van der Waals surface area (Å²) in [6, 6.07) is 8.02. The van der Waals surface area contributed by atoms with Gasteiger partial charge in [-0.3, -0.25) is 9.59 Å². The van der Waals surface area contributed by atoms with Crippen LogP contribution >= 0.6 is 0 Å². The summed E-state index contributed by atoms with van der Waals surface area (Å²) >= 11 is 0. The van der Waals surface area contributed by atoms with E-state index < -0.39 is 11.9 Å². The lowest BCUT2D eigenvalue weighted by atomic mass is 9.99. The predicted molar refractivity (Wildman–Crippen MR) is 103 cm³/mol. The lowest BCUT2D eigenvalue weighted by Gasteiger charge is -2.30. The number of likely N-dealkylation sites (tertiary alicyclic amines) is 1. The van der Waals surface area contributed by atoms with E-state index in [-0.39, 0.29) is 23.8 Å². The van der Waals surface area contributed by atoms with Crippen molar-refractivity contribution in [1.29, 1.82) is 0 Å². The number of carbonyl (C=O) groups is 3. The molecular formula is C21H24N2O5. The average molecular weight is 384 g/mol. The number of aryl methyl sites for hydroxylation is 1. The van der Waals surface area contributed by atoms with E-state index in [0.717, 1.165) is 18.4 Å². The lowest BCUT2D eigenvalue weighted by molar-refractivity contribution is -0.135. The van der Waals surface area contributed by atoms with Gasteiger partial charge in [0.2, 0.25) is 0 Å². The van der Waals surface area contributed by atoms with Gasteiger partial charge in [0.15, 0.2) is 12.4 Å². The lowest BCUT2D eigenvalue weighted by Crippen LogP contribution is -2.40. The van der Waals surface area contributed by atoms with Gasteiger partial charge in [-0.25, -0.2) is 4.79 Å². The minimum absolute atomic E-state index is 0.175. The molecule has 1 aliphatic rings. The predicted octanol–water partition coefficient (Wildman–Crippen LogP) is 3.26. The Labute approximate surface area is 163 Å². The SMILES string of the molecule is Cc1ccc(C(=O)OCC(=O)N2CCC(C)CC2)cc1NC(=O)c1ccco1. The normalized spacial score (nSPS) is 14.6. The maximum absolute atomic E-state index is 12.3. The van der Waals surface area contributed by atoms with E-state index in [2.05, 4.69) is 12.2 Å². The van der Waals surface area contributed by atoms with Gasteiger partial charge < -0.3 is 19.4 Å². The molecule has 0 unspecified atom stereocenters. The van der Waals surface area contributed by atoms with Gasteiger partial charge >= 0.3 is 5.97 Å². The largest absolute Gasteiger partial charge is 0.459 e. The van der Waals surface area contributed by atoms with Crippen LogP contribution in [0, 0.1) is 12.8 Å². The van der Waals surface area contributed by atoms with E-state index in [1.54, 1.807) is 29.2 Å². The van der Waals surface area contributed by atoms with Crippen molar-refractivity contribution in [2.24, 2.45) is 5.92 Å². The first-order valence-corrected chi connectivity index (χ1v) is 9.34. The highest BCUT2D eigenvalue weighted by atomic mass is 16.5. The van der Waals surface area contributed by atoms with E-state index >= 15 is 0 Å². The fraction of sp³-hybridized carbons (Fsp3) is 0.381. The fourth-order valence-electron chi connectivity index (χ4n) is 3.04. The Bertz CT molecular complexity index is 852. The number of anilines is 1. The molecule has 1 aromatic carbocycles. The van der Waals surface area contributed by atoms with Crippen LogP contribution in [0.25, 0.3) is 0 Å². The van der Waals surface area contributed by atoms with Gasteiger partial charge in [0.05, 0.1) is 11.8 Å². The summed E-state index contributed by atoms with van der Waals surface area (Å²) in [6.45, 7) is 5.10. The van der Waals surface area contributed by atoms with Crippen molar-refractivity contribution in [2.45, 2.75) is 26.7 Å². The standard InChI is InChI=1S/C21H24N2O5/c1-14-7-9-23(10-8-14)19(24)13-28-21(26)16-6-5-15(2)17(12-16)22-20(25)18-4-3-11-27-18/h3-6,11-12,14H,7-10,13H2,1-2H3,(H,22,25). The first-order valence-electron chi connectivity index (χ1n) is 9.34. The Morgan fingerprint density at radius 2 is 1.96 bits per heavy atom. The van der Waals surface area contributed by atoms with Crippen LogP contribution in [0.4, 0.5) is 5.69 Å². The Kier molecular flexibility index (Phi) is 6.13. The van der Waals surface area contributed by atoms with Crippen LogP contribution in [-0.2, 0) is 9.53 Å². The summed E-state index contributed by atoms with van der Waals surface area (Å²) < 4.78 is 10.2. The minimum Gasteiger partial charge on any atom is -0.459 e. The summed E-state index contributed by atoms with van der Waals surface area (Å²) in [7, 11) is 0. The van der Waals surface area contributed by atoms with Gasteiger partial charge in [-0.05, 0) is 55.5 Å². The van der Waals surface area contributed by atoms with Crippen molar-refractivity contribution < 1.29 is 23.5 Å². The molecule has 1 saturated heterocycles. The van der Waals surface area contributed by atoms with Gasteiger partial charge in [-0.15, -0.1) is 0 Å². The van der Waals surface area contributed by atoms with E-state index in [9.17, 15) is 14.4 Å². The Balaban J connectivity index is 1.59. The van der Waals surface area contributed by atoms with Gasteiger partial charge in [0, 0.05) is 18.8 Å². The van der Waals surface area contributed by atoms with E-state index in [1.807, 2.05) is 6.92 Å². The zero-order valence-corrected chi connectivity index (χ0v) is 16.1. The molecular weight excluding hydrogens is 360 g/mol. The van der Waals surface area contributed by atoms with Crippen LogP contribution in [0.5, 0.6) is 0 Å². The van der Waals surface area contributed by atoms with E-state index in [1.165, 1.54) is 12.3 Å². The molecule has 0 bridgehead atoms. The molecule has 0 saturated carbocycles. The number of ether oxygens (including phenoxy) is 1. The maximum atomic E-state index is 12.3. The molecule has 1 aliphatic heterocycles. The quantitative estimate of drug-likeness (QED) is 0.800. The third-order valence-corrected chi connectivity index (χ3v) is 4.93. The Hall–Kier alpha value is -3.09. The highest BCUT2D eigenvalue weighted by Gasteiger charge is 2.22. The molecule has 1 fully saturated rings. The molecule has 7 heteroatoms. The summed E-state index contributed by atoms with van der Waals surface area (Å²) in [5, 5.41) is 2.71. The molecule has 3 rings (SSSR count). The molecule has 2 aromatic rings. The number of nitrogens with one attached hydrogen (secondary N) is 1. The van der Waals surface area contributed by atoms with Crippen LogP contribution in [0.1, 0.15) is 46.2 Å². The smallest absolute Gasteiger partial charge is 0.338 e. The third kappa shape index (κ3) is 4.79. The van der Waals surface area contributed by atoms with Gasteiger partial charge in [-0.1, -0.05) is 13.0 Å². The summed E-state index contributed by atoms with van der Waals surface area (Å²) in [5.74, 6) is -0.401. The minimum atomic E-state index is -0.604. The first kappa shape index (κ1) is 19.7. The van der Waals surface area contributed by atoms with Crippen molar-refractivity contribution in [3.8, 4) is 0 Å². The molecule has 0 aliphatic carbocycles. The van der Waals surface area contributed by atoms with Crippen LogP contribution in [0.3, 0.4) is 0 Å². The number of nitrogens with zero attached hydrogens (tertiary/aromatic N) is 1. The molecule has 148 valence electrons. The molecule has 2 heterocycles. The maximum Gasteiger partial charge on any atom is 0.338 e. The zero-order chi connectivity index (χ0) is 20.1. The molecule has 7 nitrogen and oxygen atoms in total. The van der Waals surface area contributed by atoms with Gasteiger partial charge in [-0.2, -0.15) is 0 Å². The summed E-state index contributed by atoms with van der Waals surface area (Å²) in [5.41, 5.74) is 1.53. The van der Waals surface area contributed by atoms with Crippen molar-refractivity contribution in [1.82, 2.24) is 4.90 Å². The van der Waals surface area contributed by atoms with Crippen molar-refractivity contribution >= 4 is 23.5 Å². The second kappa shape index (κ2) is 8.73. The average Bonchev–Trinajstić information content (AvgIpc) is 3.23. The number of benzene rings is 1. The molecule has 1 aromatic heterocycles. The molecule has 0 radical (unpaired) electrons. The molecule has 0 atom stereocenters. The zero-order valence-electron chi connectivity index (χ0n) is 16.1. The topological polar surface area (TPSA) is 88.9 Å². The van der Waals surface area contributed by atoms with Gasteiger partial charge in [0.1, 0.15) is 0 Å². The van der Waals surface area contributed by atoms with Crippen LogP contribution in [-0.4, -0.2) is 42.4 Å². The monoisotopic (exact) mass is 384 g/mol. The highest BCUT2D eigenvalue weighted by Crippen LogP contribution is 2.19. The van der Waals surface area contributed by atoms with Crippen molar-refractivity contribution in [3.63, 3.8) is 0 Å². The molecule has 1 N–H and O–H groups in total. The number of hydrogen-bond acceptors (Lipinski definition) is 5. The number of amides is 2. The number of esters is 1. The Morgan fingerprint density at radius 1 is 1.21 bits per heavy atom. The fourth-order valence-corrected chi connectivity index (χ4v) is 3.04. The van der Waals surface area contributed by atoms with Crippen molar-refractivity contribution in [3.05, 3.63) is 53.5 Å². The van der Waals surface area contributed by atoms with E-state index in [4.69, 9.17) is 9.15 Å². The molecule has 2 amide bonds. The third-order valence-electron chi connectivity index (χ3n) is 4.93. The molecule has 28 heavy (non-hydrogen) atoms. The number of hydrogen-bond donors (Lipinski definition) is 1. The van der Waals surface area contributed by atoms with Gasteiger partial charge in [0.25, 0.3) is 11.8 Å². The number of furan rings is 1. The second-order valence-corrected chi connectivity index (χ2v) is 7.10. The molecule has 0 spiro atoms. The highest BCUT2D eigenvalue weighted by molar-refractivity contribution is 6.03. The number of piperidine rings is 1. The summed E-state index contributed by atoms with van der Waals surface area (Å²) in [6.07, 6.45) is 3.35. The first-order chi connectivity index (χ1) is 13.4. The Morgan fingerprint density at radius 3 is 2.64 bits per heavy atom. The summed E-state index contributed by atoms with van der Waals surface area (Å²) in [4.78, 5) is 38.4. The van der Waals surface area contributed by atoms with Crippen LogP contribution < -0.4 is 5.32 Å². The second-order valence-electron chi connectivity index (χ2n) is 7.10.